The first-order valence-corrected chi connectivity index (χ1v) is 25.9. The van der Waals surface area contributed by atoms with Crippen LogP contribution >= 0.6 is 0 Å². The highest BCUT2D eigenvalue weighted by molar-refractivity contribution is 5.89. The van der Waals surface area contributed by atoms with Crippen LogP contribution in [0.25, 0.3) is 10.8 Å². The molecule has 9 rings (SSSR count). The average molecular weight is 942 g/mol. The van der Waals surface area contributed by atoms with E-state index in [1.807, 2.05) is 18.2 Å². The minimum absolute atomic E-state index is 0.0343. The van der Waals surface area contributed by atoms with Gasteiger partial charge in [0.1, 0.15) is 11.2 Å². The summed E-state index contributed by atoms with van der Waals surface area (Å²) >= 11 is 0. The highest BCUT2D eigenvalue weighted by Crippen LogP contribution is 2.55. The van der Waals surface area contributed by atoms with E-state index in [4.69, 9.17) is 10.5 Å². The van der Waals surface area contributed by atoms with E-state index < -0.39 is 29.6 Å². The Morgan fingerprint density at radius 1 is 0.957 bits per heavy atom. The van der Waals surface area contributed by atoms with Crippen LogP contribution in [-0.2, 0) is 16.0 Å². The molecule has 12 heteroatoms. The number of nitrogens with two attached hydrogens (primary N) is 1. The van der Waals surface area contributed by atoms with Crippen molar-refractivity contribution < 1.29 is 34.8 Å². The van der Waals surface area contributed by atoms with E-state index in [0.717, 1.165) is 72.9 Å². The number of hydrogen-bond acceptors (Lipinski definition) is 12. The van der Waals surface area contributed by atoms with Gasteiger partial charge in [0.2, 0.25) is 0 Å². The molecule has 0 amide bonds. The Morgan fingerprint density at radius 3 is 2.55 bits per heavy atom. The summed E-state index contributed by atoms with van der Waals surface area (Å²) < 4.78 is 5.54. The van der Waals surface area contributed by atoms with E-state index in [1.165, 1.54) is 7.11 Å². The topological polar surface area (TPSA) is 198 Å². The maximum absolute atomic E-state index is 14.8. The predicted octanol–water partition coefficient (Wildman–Crippen LogP) is 5.57. The number of ketones is 2. The lowest BCUT2D eigenvalue weighted by Crippen LogP contribution is -2.61. The Labute approximate surface area is 408 Å². The molecule has 4 fully saturated rings. The van der Waals surface area contributed by atoms with Crippen LogP contribution in [0.15, 0.2) is 78.1 Å². The first-order chi connectivity index (χ1) is 33.4. The van der Waals surface area contributed by atoms with Gasteiger partial charge in [0.25, 0.3) is 0 Å². The van der Waals surface area contributed by atoms with Crippen molar-refractivity contribution in [3.63, 3.8) is 0 Å². The SMILES string of the molecule is CCNCC1C(C2CCC3(C#CC(CC(O)C(O)CC(C4=CCNC(N)=C4)c4ccc5ccccc5c4)c4cc(O)c(OC)cc4CCC3=O)C(O)C2)CC2CNC3CC(=O)CCC3C2C1CNC. The molecule has 10 N–H and O–H groups in total. The number of hydrogen-bond donors (Lipinski definition) is 9. The van der Waals surface area contributed by atoms with E-state index in [9.17, 15) is 30.0 Å². The van der Waals surface area contributed by atoms with E-state index in [-0.39, 0.29) is 54.4 Å². The molecule has 12 nitrogen and oxygen atoms in total. The van der Waals surface area contributed by atoms with Gasteiger partial charge in [-0.15, -0.1) is 0 Å². The first kappa shape index (κ1) is 49.2. The molecule has 1 saturated heterocycles. The molecular weight excluding hydrogens is 867 g/mol. The zero-order valence-electron chi connectivity index (χ0n) is 40.8. The first-order valence-electron chi connectivity index (χ1n) is 25.9. The third kappa shape index (κ3) is 10.1. The number of aryl methyl sites for hydroxylation is 1. The molecule has 6 aliphatic rings. The number of nitrogens with one attached hydrogen (secondary N) is 4. The summed E-state index contributed by atoms with van der Waals surface area (Å²) in [6.07, 6.45) is 6.28. The highest BCUT2D eigenvalue weighted by atomic mass is 16.5. The number of phenolic OH excluding ortho intramolecular Hbond substituents is 1. The van der Waals surface area contributed by atoms with E-state index in [0.29, 0.717) is 91.3 Å². The second-order valence-corrected chi connectivity index (χ2v) is 21.3. The maximum Gasteiger partial charge on any atom is 0.160 e. The van der Waals surface area contributed by atoms with Crippen LogP contribution in [0.2, 0.25) is 0 Å². The number of piperidine rings is 1. The Kier molecular flexibility index (Phi) is 15.2. The van der Waals surface area contributed by atoms with Gasteiger partial charge in [-0.25, -0.2) is 0 Å². The second kappa shape index (κ2) is 21.3. The van der Waals surface area contributed by atoms with Crippen molar-refractivity contribution in [2.45, 2.75) is 114 Å². The van der Waals surface area contributed by atoms with Gasteiger partial charge < -0.3 is 52.2 Å². The van der Waals surface area contributed by atoms with Crippen LogP contribution in [0.3, 0.4) is 0 Å². The van der Waals surface area contributed by atoms with Gasteiger partial charge in [-0.3, -0.25) is 9.59 Å². The number of carbonyl (C=O) groups is 2. The molecule has 0 aromatic heterocycles. The standard InChI is InChI=1S/C57H75N5O7/c1-4-60-32-46-45(22-40-30-62-48-27-41(63)12-13-42(48)56(40)47(46)31-59-2)38-16-19-57(54(68)25-38)18-15-37(44-29-51(66)52(69-3)24-36(44)11-14-53(57)67)23-49(64)50(65)28-43(39-17-20-61-55(58)26-39)35-10-9-33-7-5-6-8-34(33)21-35/h5-10,17,21,24,26,29,37-38,40,42-43,45-50,54,56,59-62,64-66,68H,4,11-14,16,19-20,22-23,25,27-28,30-32,58H2,1-3H3. The third-order valence-electron chi connectivity index (χ3n) is 17.6. The summed E-state index contributed by atoms with van der Waals surface area (Å²) in [5.74, 6) is 9.74. The van der Waals surface area contributed by atoms with Crippen LogP contribution in [-0.4, -0.2) is 103 Å². The Hall–Kier alpha value is -4.74. The molecule has 14 unspecified atom stereocenters. The number of fused-ring (bicyclic) bond motifs is 5. The monoisotopic (exact) mass is 942 g/mol. The van der Waals surface area contributed by atoms with E-state index >= 15 is 0 Å². The number of benzene rings is 3. The number of rotatable bonds is 14. The summed E-state index contributed by atoms with van der Waals surface area (Å²) in [5.41, 5.74) is 8.37. The van der Waals surface area contributed by atoms with Crippen molar-refractivity contribution in [3.8, 4) is 23.3 Å². The minimum Gasteiger partial charge on any atom is -0.504 e. The molecule has 69 heavy (non-hydrogen) atoms. The third-order valence-corrected chi connectivity index (χ3v) is 17.6. The van der Waals surface area contributed by atoms with Gasteiger partial charge in [0, 0.05) is 43.7 Å². The van der Waals surface area contributed by atoms with Crippen LogP contribution < -0.4 is 31.7 Å². The number of aliphatic hydroxyl groups excluding tert-OH is 3. The van der Waals surface area contributed by atoms with E-state index in [2.05, 4.69) is 83.5 Å². The molecule has 14 atom stereocenters. The van der Waals surface area contributed by atoms with Crippen molar-refractivity contribution >= 4 is 22.3 Å². The van der Waals surface area contributed by atoms with Crippen LogP contribution in [0.5, 0.6) is 11.5 Å². The van der Waals surface area contributed by atoms with Crippen molar-refractivity contribution in [1.82, 2.24) is 21.3 Å². The number of Topliss-reactive ketones (excluding diaryl/α,β-unsaturated/α-hetero) is 2. The molecule has 4 aliphatic carbocycles. The van der Waals surface area contributed by atoms with Gasteiger partial charge >= 0.3 is 0 Å². The normalized spacial score (nSPS) is 32.6. The number of carbonyl (C=O) groups excluding carboxylic acids is 2. The fourth-order valence-electron chi connectivity index (χ4n) is 14.1. The molecular formula is C57H75N5O7. The quantitative estimate of drug-likeness (QED) is 0.0913. The fourth-order valence-corrected chi connectivity index (χ4v) is 14.1. The van der Waals surface area contributed by atoms with Crippen molar-refractivity contribution in [1.29, 1.82) is 0 Å². The largest absolute Gasteiger partial charge is 0.504 e. The molecule has 0 bridgehead atoms. The summed E-state index contributed by atoms with van der Waals surface area (Å²) in [6, 6.07) is 18.1. The van der Waals surface area contributed by atoms with Crippen LogP contribution in [0.4, 0.5) is 0 Å². The Bertz CT molecular complexity index is 2480. The minimum atomic E-state index is -1.30. The number of methoxy groups -OCH3 is 1. The lowest BCUT2D eigenvalue weighted by molar-refractivity contribution is -0.137. The Balaban J connectivity index is 0.994. The molecule has 370 valence electrons. The fraction of sp³-hybridized carbons (Fsp3) is 0.579. The Morgan fingerprint density at radius 2 is 1.78 bits per heavy atom. The van der Waals surface area contributed by atoms with Gasteiger partial charge in [0.15, 0.2) is 17.3 Å². The molecule has 1 spiro atoms. The highest BCUT2D eigenvalue weighted by Gasteiger charge is 2.55. The number of ether oxygens (including phenoxy) is 1. The van der Waals surface area contributed by atoms with Crippen molar-refractivity contribution in [2.24, 2.45) is 52.6 Å². The number of aromatic hydroxyl groups is 1. The molecule has 3 saturated carbocycles. The van der Waals surface area contributed by atoms with Gasteiger partial charge in [0.05, 0.1) is 31.2 Å². The van der Waals surface area contributed by atoms with Gasteiger partial charge in [-0.2, -0.15) is 0 Å². The van der Waals surface area contributed by atoms with Gasteiger partial charge in [-0.1, -0.05) is 67.3 Å². The van der Waals surface area contributed by atoms with Gasteiger partial charge in [-0.05, 0) is 177 Å². The summed E-state index contributed by atoms with van der Waals surface area (Å²) in [4.78, 5) is 27.3. The van der Waals surface area contributed by atoms with E-state index in [1.54, 1.807) is 12.1 Å². The molecule has 0 radical (unpaired) electrons. The molecule has 2 aliphatic heterocycles. The van der Waals surface area contributed by atoms with Crippen LogP contribution in [0.1, 0.15) is 99.7 Å². The number of dihydropyridines is 1. The maximum atomic E-state index is 14.8. The van der Waals surface area contributed by atoms with Crippen molar-refractivity contribution in [3.05, 3.63) is 94.8 Å². The lowest BCUT2D eigenvalue weighted by atomic mass is 9.50. The summed E-state index contributed by atoms with van der Waals surface area (Å²) in [6.45, 7) is 6.28. The molecule has 3 aromatic rings. The smallest absolute Gasteiger partial charge is 0.160 e. The number of aliphatic hydroxyl groups is 3. The van der Waals surface area contributed by atoms with Crippen LogP contribution in [0, 0.1) is 58.7 Å². The molecule has 2 heterocycles. The lowest BCUT2D eigenvalue weighted by Gasteiger charge is -2.58. The van der Waals surface area contributed by atoms with Crippen molar-refractivity contribution in [2.75, 3.05) is 46.9 Å². The summed E-state index contributed by atoms with van der Waals surface area (Å²) in [7, 11) is 3.54. The zero-order valence-corrected chi connectivity index (χ0v) is 40.8. The average Bonchev–Trinajstić information content (AvgIpc) is 3.40. The number of allylic oxidation sites excluding steroid dienone is 2. The second-order valence-electron chi connectivity index (χ2n) is 21.3. The summed E-state index contributed by atoms with van der Waals surface area (Å²) in [5, 5.41) is 64.3. The number of phenols is 1. The zero-order chi connectivity index (χ0) is 48.4. The predicted molar refractivity (Wildman–Crippen MR) is 269 cm³/mol. The molecule has 3 aromatic carbocycles.